The monoisotopic (exact) mass is 229 g/mol. The fraction of sp³-hybridized carbons (Fsp3) is 0.500. The summed E-state index contributed by atoms with van der Waals surface area (Å²) in [5, 5.41) is 0. The zero-order valence-corrected chi connectivity index (χ0v) is 10.8. The van der Waals surface area contributed by atoms with Gasteiger partial charge in [0.05, 0.1) is 18.6 Å². The SMILES string of the molecule is Cc1cn(Cc2cncn2C2CC2)c(C)c1C. The Labute approximate surface area is 102 Å². The van der Waals surface area contributed by atoms with E-state index in [0.717, 1.165) is 6.54 Å². The van der Waals surface area contributed by atoms with Crippen LogP contribution >= 0.6 is 0 Å². The number of hydrogen-bond acceptors (Lipinski definition) is 1. The summed E-state index contributed by atoms with van der Waals surface area (Å²) in [5.74, 6) is 0. The summed E-state index contributed by atoms with van der Waals surface area (Å²) in [6.45, 7) is 7.51. The van der Waals surface area contributed by atoms with Crippen LogP contribution in [0.15, 0.2) is 18.7 Å². The molecule has 0 aliphatic heterocycles. The summed E-state index contributed by atoms with van der Waals surface area (Å²) in [6, 6.07) is 0.713. The van der Waals surface area contributed by atoms with Crippen molar-refractivity contribution in [3.8, 4) is 0 Å². The van der Waals surface area contributed by atoms with Crippen molar-refractivity contribution in [3.63, 3.8) is 0 Å². The van der Waals surface area contributed by atoms with E-state index in [4.69, 9.17) is 0 Å². The van der Waals surface area contributed by atoms with Gasteiger partial charge in [0.2, 0.25) is 0 Å². The van der Waals surface area contributed by atoms with Gasteiger partial charge in [-0.2, -0.15) is 0 Å². The fourth-order valence-electron chi connectivity index (χ4n) is 2.40. The highest BCUT2D eigenvalue weighted by Crippen LogP contribution is 2.35. The minimum Gasteiger partial charge on any atom is -0.345 e. The van der Waals surface area contributed by atoms with E-state index in [-0.39, 0.29) is 0 Å². The van der Waals surface area contributed by atoms with E-state index in [0.29, 0.717) is 6.04 Å². The average molecular weight is 229 g/mol. The maximum absolute atomic E-state index is 4.29. The lowest BCUT2D eigenvalue weighted by Crippen LogP contribution is -2.06. The van der Waals surface area contributed by atoms with Gasteiger partial charge >= 0.3 is 0 Å². The maximum atomic E-state index is 4.29. The summed E-state index contributed by atoms with van der Waals surface area (Å²) in [5.41, 5.74) is 5.47. The van der Waals surface area contributed by atoms with E-state index in [2.05, 4.69) is 41.1 Å². The molecule has 2 aromatic heterocycles. The van der Waals surface area contributed by atoms with E-state index in [1.54, 1.807) is 0 Å². The zero-order chi connectivity index (χ0) is 12.0. The van der Waals surface area contributed by atoms with Crippen LogP contribution in [0.3, 0.4) is 0 Å². The van der Waals surface area contributed by atoms with Gasteiger partial charge in [0.25, 0.3) is 0 Å². The highest BCUT2D eigenvalue weighted by atomic mass is 15.1. The van der Waals surface area contributed by atoms with Crippen molar-refractivity contribution in [2.45, 2.75) is 46.2 Å². The van der Waals surface area contributed by atoms with Gasteiger partial charge in [0, 0.05) is 24.1 Å². The molecule has 0 aromatic carbocycles. The summed E-state index contributed by atoms with van der Waals surface area (Å²) in [4.78, 5) is 4.29. The van der Waals surface area contributed by atoms with E-state index >= 15 is 0 Å². The molecule has 1 aliphatic carbocycles. The number of aryl methyl sites for hydroxylation is 1. The third-order valence-corrected chi connectivity index (χ3v) is 3.93. The predicted octanol–water partition coefficient (Wildman–Crippen LogP) is 2.99. The molecular formula is C14H19N3. The van der Waals surface area contributed by atoms with Crippen molar-refractivity contribution >= 4 is 0 Å². The highest BCUT2D eigenvalue weighted by Gasteiger charge is 2.25. The molecule has 1 aliphatic rings. The molecule has 2 aromatic rings. The second kappa shape index (κ2) is 3.76. The molecule has 0 radical (unpaired) electrons. The minimum atomic E-state index is 0.713. The van der Waals surface area contributed by atoms with E-state index in [9.17, 15) is 0 Å². The molecule has 90 valence electrons. The molecule has 0 saturated heterocycles. The molecule has 0 bridgehead atoms. The van der Waals surface area contributed by atoms with Crippen LogP contribution in [0.25, 0.3) is 0 Å². The van der Waals surface area contributed by atoms with Crippen LogP contribution in [0.2, 0.25) is 0 Å². The molecule has 3 nitrogen and oxygen atoms in total. The Balaban J connectivity index is 1.90. The predicted molar refractivity (Wildman–Crippen MR) is 68.2 cm³/mol. The van der Waals surface area contributed by atoms with Gasteiger partial charge in [-0.05, 0) is 44.7 Å². The lowest BCUT2D eigenvalue weighted by molar-refractivity contribution is 0.650. The number of imidazole rings is 1. The van der Waals surface area contributed by atoms with Crippen molar-refractivity contribution in [3.05, 3.63) is 41.2 Å². The largest absolute Gasteiger partial charge is 0.345 e. The first kappa shape index (κ1) is 10.6. The van der Waals surface area contributed by atoms with E-state index in [1.165, 1.54) is 35.4 Å². The first-order valence-electron chi connectivity index (χ1n) is 6.30. The van der Waals surface area contributed by atoms with Crippen LogP contribution in [0.5, 0.6) is 0 Å². The van der Waals surface area contributed by atoms with Crippen molar-refractivity contribution in [1.82, 2.24) is 14.1 Å². The molecular weight excluding hydrogens is 210 g/mol. The van der Waals surface area contributed by atoms with E-state index in [1.807, 2.05) is 12.5 Å². The van der Waals surface area contributed by atoms with Crippen molar-refractivity contribution < 1.29 is 0 Å². The number of nitrogens with zero attached hydrogens (tertiary/aromatic N) is 3. The fourth-order valence-corrected chi connectivity index (χ4v) is 2.40. The topological polar surface area (TPSA) is 22.8 Å². The smallest absolute Gasteiger partial charge is 0.0951 e. The maximum Gasteiger partial charge on any atom is 0.0951 e. The Hall–Kier alpha value is -1.51. The molecule has 17 heavy (non-hydrogen) atoms. The Morgan fingerprint density at radius 2 is 2.06 bits per heavy atom. The Kier molecular flexibility index (Phi) is 2.35. The zero-order valence-electron chi connectivity index (χ0n) is 10.8. The number of rotatable bonds is 3. The van der Waals surface area contributed by atoms with Gasteiger partial charge in [0.15, 0.2) is 0 Å². The molecule has 0 amide bonds. The van der Waals surface area contributed by atoms with Gasteiger partial charge in [0.1, 0.15) is 0 Å². The normalized spacial score (nSPS) is 15.5. The molecule has 0 N–H and O–H groups in total. The van der Waals surface area contributed by atoms with Crippen LogP contribution in [0.1, 0.15) is 41.4 Å². The van der Waals surface area contributed by atoms with Crippen molar-refractivity contribution in [2.75, 3.05) is 0 Å². The average Bonchev–Trinajstić information content (AvgIpc) is 3.01. The Bertz CT molecular complexity index is 544. The Morgan fingerprint density at radius 3 is 2.65 bits per heavy atom. The molecule has 0 atom stereocenters. The van der Waals surface area contributed by atoms with Crippen LogP contribution in [0.4, 0.5) is 0 Å². The van der Waals surface area contributed by atoms with Crippen molar-refractivity contribution in [1.29, 1.82) is 0 Å². The third-order valence-electron chi connectivity index (χ3n) is 3.93. The molecule has 3 rings (SSSR count). The summed E-state index contributed by atoms with van der Waals surface area (Å²) in [7, 11) is 0. The highest BCUT2D eigenvalue weighted by molar-refractivity contribution is 5.29. The molecule has 0 spiro atoms. The number of hydrogen-bond donors (Lipinski definition) is 0. The van der Waals surface area contributed by atoms with E-state index < -0.39 is 0 Å². The second-order valence-corrected chi connectivity index (χ2v) is 5.17. The summed E-state index contributed by atoms with van der Waals surface area (Å²) in [6.07, 6.45) is 8.85. The number of aromatic nitrogens is 3. The molecule has 3 heteroatoms. The Morgan fingerprint density at radius 1 is 1.29 bits per heavy atom. The summed E-state index contributed by atoms with van der Waals surface area (Å²) < 4.78 is 4.67. The third kappa shape index (κ3) is 1.79. The van der Waals surface area contributed by atoms with Crippen LogP contribution in [0, 0.1) is 20.8 Å². The second-order valence-electron chi connectivity index (χ2n) is 5.17. The van der Waals surface area contributed by atoms with Gasteiger partial charge < -0.3 is 9.13 Å². The standard InChI is InChI=1S/C14H19N3/c1-10-7-16(12(3)11(10)2)8-14-6-15-9-17(14)13-4-5-13/h6-7,9,13H,4-5,8H2,1-3H3. The summed E-state index contributed by atoms with van der Waals surface area (Å²) >= 11 is 0. The van der Waals surface area contributed by atoms with Gasteiger partial charge in [-0.1, -0.05) is 0 Å². The lowest BCUT2D eigenvalue weighted by Gasteiger charge is -2.09. The van der Waals surface area contributed by atoms with Crippen LogP contribution < -0.4 is 0 Å². The van der Waals surface area contributed by atoms with Gasteiger partial charge in [-0.15, -0.1) is 0 Å². The minimum absolute atomic E-state index is 0.713. The quantitative estimate of drug-likeness (QED) is 0.793. The first-order valence-corrected chi connectivity index (χ1v) is 6.30. The molecule has 1 fully saturated rings. The van der Waals surface area contributed by atoms with Crippen LogP contribution in [-0.4, -0.2) is 14.1 Å². The molecule has 0 unspecified atom stereocenters. The van der Waals surface area contributed by atoms with Gasteiger partial charge in [-0.25, -0.2) is 4.98 Å². The van der Waals surface area contributed by atoms with Crippen molar-refractivity contribution in [2.24, 2.45) is 0 Å². The van der Waals surface area contributed by atoms with Gasteiger partial charge in [-0.3, -0.25) is 0 Å². The van der Waals surface area contributed by atoms with Crippen LogP contribution in [-0.2, 0) is 6.54 Å². The molecule has 2 heterocycles. The first-order chi connectivity index (χ1) is 8.16. The molecule has 1 saturated carbocycles. The lowest BCUT2D eigenvalue weighted by atomic mass is 10.2.